The van der Waals surface area contributed by atoms with Gasteiger partial charge in [0, 0.05) is 57.3 Å². The second kappa shape index (κ2) is 8.46. The predicted octanol–water partition coefficient (Wildman–Crippen LogP) is 2.64. The van der Waals surface area contributed by atoms with Crippen molar-refractivity contribution in [2.24, 2.45) is 0 Å². The highest BCUT2D eigenvalue weighted by Gasteiger charge is 2.24. The zero-order valence-corrected chi connectivity index (χ0v) is 16.7. The van der Waals surface area contributed by atoms with Crippen LogP contribution in [0.2, 0.25) is 0 Å². The van der Waals surface area contributed by atoms with E-state index in [0.717, 1.165) is 17.7 Å². The molecule has 30 heavy (non-hydrogen) atoms. The van der Waals surface area contributed by atoms with E-state index >= 15 is 0 Å². The molecule has 0 bridgehead atoms. The molecule has 0 aliphatic carbocycles. The maximum Gasteiger partial charge on any atom is 0.434 e. The summed E-state index contributed by atoms with van der Waals surface area (Å²) in [5, 5.41) is 19.2. The van der Waals surface area contributed by atoms with Crippen LogP contribution in [-0.4, -0.2) is 62.0 Å². The van der Waals surface area contributed by atoms with Gasteiger partial charge >= 0.3 is 6.09 Å². The molecule has 0 spiro atoms. The molecule has 0 radical (unpaired) electrons. The monoisotopic (exact) mass is 408 g/mol. The first-order valence-electron chi connectivity index (χ1n) is 9.80. The van der Waals surface area contributed by atoms with Crippen molar-refractivity contribution < 1.29 is 19.8 Å². The van der Waals surface area contributed by atoms with Gasteiger partial charge in [-0.05, 0) is 35.2 Å². The van der Waals surface area contributed by atoms with Crippen LogP contribution in [0, 0.1) is 6.92 Å². The number of nitrogens with zero attached hydrogens (tertiary/aromatic N) is 4. The fraction of sp³-hybridized carbons (Fsp3) is 0.273. The quantitative estimate of drug-likeness (QED) is 0.690. The molecule has 1 fully saturated rings. The summed E-state index contributed by atoms with van der Waals surface area (Å²) < 4.78 is 0.710. The lowest BCUT2D eigenvalue weighted by molar-refractivity contribution is 0.0555. The minimum absolute atomic E-state index is 0.329. The van der Waals surface area contributed by atoms with Gasteiger partial charge < -0.3 is 20.0 Å². The van der Waals surface area contributed by atoms with E-state index in [1.807, 2.05) is 18.3 Å². The van der Waals surface area contributed by atoms with Crippen molar-refractivity contribution in [2.75, 3.05) is 26.2 Å². The van der Waals surface area contributed by atoms with Gasteiger partial charge in [-0.25, -0.2) is 4.79 Å². The summed E-state index contributed by atoms with van der Waals surface area (Å²) in [6.45, 7) is 5.36. The van der Waals surface area contributed by atoms with E-state index in [2.05, 4.69) is 35.0 Å². The van der Waals surface area contributed by atoms with E-state index in [9.17, 15) is 15.0 Å². The van der Waals surface area contributed by atoms with Crippen molar-refractivity contribution >= 4 is 6.09 Å². The zero-order valence-electron chi connectivity index (χ0n) is 16.7. The van der Waals surface area contributed by atoms with Gasteiger partial charge in [0.2, 0.25) is 11.8 Å². The van der Waals surface area contributed by atoms with Crippen molar-refractivity contribution in [3.8, 4) is 22.9 Å². The number of aryl methyl sites for hydroxylation is 1. The number of carbonyl (C=O) groups excluding carboxylic acids is 1. The SMILES string of the molecule is Cc1cc(-c2cccnc2)ccc1CN1CCN(C(=O)On2c(O)ccc2O)CC1. The molecule has 0 unspecified atom stereocenters. The van der Waals surface area contributed by atoms with Crippen LogP contribution in [0.25, 0.3) is 11.1 Å². The van der Waals surface area contributed by atoms with Crippen LogP contribution in [0.3, 0.4) is 0 Å². The molecule has 2 aromatic heterocycles. The number of hydrogen-bond acceptors (Lipinski definition) is 6. The number of piperazine rings is 1. The Labute approximate surface area is 174 Å². The van der Waals surface area contributed by atoms with E-state index in [-0.39, 0.29) is 11.8 Å². The summed E-state index contributed by atoms with van der Waals surface area (Å²) in [6, 6.07) is 12.9. The summed E-state index contributed by atoms with van der Waals surface area (Å²) in [5.41, 5.74) is 4.71. The molecule has 0 atom stereocenters. The summed E-state index contributed by atoms with van der Waals surface area (Å²) in [5.74, 6) is -0.658. The van der Waals surface area contributed by atoms with E-state index in [1.54, 1.807) is 11.1 Å². The zero-order chi connectivity index (χ0) is 21.1. The van der Waals surface area contributed by atoms with Gasteiger partial charge in [0.25, 0.3) is 0 Å². The first-order chi connectivity index (χ1) is 14.5. The van der Waals surface area contributed by atoms with E-state index in [4.69, 9.17) is 4.84 Å². The Balaban J connectivity index is 1.33. The van der Waals surface area contributed by atoms with Crippen LogP contribution in [0.15, 0.2) is 54.9 Å². The highest BCUT2D eigenvalue weighted by atomic mass is 16.7. The summed E-state index contributed by atoms with van der Waals surface area (Å²) in [6.07, 6.45) is 3.03. The van der Waals surface area contributed by atoms with Gasteiger partial charge in [0.05, 0.1) is 0 Å². The Morgan fingerprint density at radius 1 is 1.03 bits per heavy atom. The van der Waals surface area contributed by atoms with Crippen molar-refractivity contribution in [2.45, 2.75) is 13.5 Å². The molecule has 156 valence electrons. The van der Waals surface area contributed by atoms with Crippen molar-refractivity contribution in [1.29, 1.82) is 0 Å². The third kappa shape index (κ3) is 4.23. The van der Waals surface area contributed by atoms with Crippen molar-refractivity contribution in [3.05, 3.63) is 66.0 Å². The predicted molar refractivity (Wildman–Crippen MR) is 111 cm³/mol. The molecule has 8 nitrogen and oxygen atoms in total. The molecule has 3 heterocycles. The smallest absolute Gasteiger partial charge is 0.434 e. The Morgan fingerprint density at radius 2 is 1.77 bits per heavy atom. The van der Waals surface area contributed by atoms with E-state index in [1.165, 1.54) is 23.3 Å². The normalized spacial score (nSPS) is 14.6. The van der Waals surface area contributed by atoms with Gasteiger partial charge in [-0.3, -0.25) is 9.88 Å². The second-order valence-corrected chi connectivity index (χ2v) is 7.35. The minimum Gasteiger partial charge on any atom is -0.492 e. The van der Waals surface area contributed by atoms with Crippen LogP contribution in [0.5, 0.6) is 11.8 Å². The van der Waals surface area contributed by atoms with E-state index < -0.39 is 6.09 Å². The average Bonchev–Trinajstić information content (AvgIpc) is 3.08. The average molecular weight is 408 g/mol. The van der Waals surface area contributed by atoms with Gasteiger partial charge in [0.15, 0.2) is 0 Å². The molecule has 8 heteroatoms. The number of pyridine rings is 1. The molecular formula is C22H24N4O4. The lowest BCUT2D eigenvalue weighted by atomic mass is 10.0. The summed E-state index contributed by atoms with van der Waals surface area (Å²) in [4.78, 5) is 25.4. The Hall–Kier alpha value is -3.52. The Bertz CT molecular complexity index is 1010. The lowest BCUT2D eigenvalue weighted by Gasteiger charge is -2.34. The topological polar surface area (TPSA) is 91.1 Å². The third-order valence-corrected chi connectivity index (χ3v) is 5.33. The Morgan fingerprint density at radius 3 is 2.40 bits per heavy atom. The van der Waals surface area contributed by atoms with Crippen LogP contribution in [0.1, 0.15) is 11.1 Å². The molecule has 3 aromatic rings. The molecule has 1 aromatic carbocycles. The van der Waals surface area contributed by atoms with Crippen molar-refractivity contribution in [1.82, 2.24) is 19.5 Å². The fourth-order valence-electron chi connectivity index (χ4n) is 3.55. The largest absolute Gasteiger partial charge is 0.492 e. The second-order valence-electron chi connectivity index (χ2n) is 7.35. The molecule has 0 saturated carbocycles. The van der Waals surface area contributed by atoms with Crippen LogP contribution in [-0.2, 0) is 6.54 Å². The molecule has 1 saturated heterocycles. The van der Waals surface area contributed by atoms with Gasteiger partial charge in [-0.2, -0.15) is 0 Å². The molecule has 4 rings (SSSR count). The lowest BCUT2D eigenvalue weighted by Crippen LogP contribution is -2.50. The maximum absolute atomic E-state index is 12.3. The first kappa shape index (κ1) is 19.8. The first-order valence-corrected chi connectivity index (χ1v) is 9.80. The maximum atomic E-state index is 12.3. The highest BCUT2D eigenvalue weighted by Crippen LogP contribution is 2.23. The molecule has 1 aliphatic heterocycles. The number of benzene rings is 1. The fourth-order valence-corrected chi connectivity index (χ4v) is 3.55. The van der Waals surface area contributed by atoms with Crippen molar-refractivity contribution in [3.63, 3.8) is 0 Å². The molecule has 2 N–H and O–H groups in total. The number of rotatable bonds is 4. The summed E-state index contributed by atoms with van der Waals surface area (Å²) >= 11 is 0. The standard InChI is InChI=1S/C22H24N4O4/c1-16-13-17(18-3-2-8-23-14-18)4-5-19(16)15-24-9-11-25(12-10-24)22(29)30-26-20(27)6-7-21(26)28/h2-8,13-14,27-28H,9-12,15H2,1H3. The minimum atomic E-state index is -0.603. The number of amides is 1. The molecular weight excluding hydrogens is 384 g/mol. The number of aromatic nitrogens is 2. The van der Waals surface area contributed by atoms with Crippen LogP contribution < -0.4 is 4.84 Å². The van der Waals surface area contributed by atoms with Crippen LogP contribution in [0.4, 0.5) is 4.79 Å². The molecule has 1 amide bonds. The van der Waals surface area contributed by atoms with Gasteiger partial charge in [-0.1, -0.05) is 24.3 Å². The molecule has 1 aliphatic rings. The highest BCUT2D eigenvalue weighted by molar-refractivity contribution is 5.68. The van der Waals surface area contributed by atoms with Crippen LogP contribution >= 0.6 is 0 Å². The Kier molecular flexibility index (Phi) is 5.58. The van der Waals surface area contributed by atoms with Gasteiger partial charge in [-0.15, -0.1) is 4.73 Å². The van der Waals surface area contributed by atoms with Gasteiger partial charge in [0.1, 0.15) is 0 Å². The summed E-state index contributed by atoms with van der Waals surface area (Å²) in [7, 11) is 0. The number of aromatic hydroxyl groups is 2. The number of hydrogen-bond donors (Lipinski definition) is 2. The van der Waals surface area contributed by atoms with E-state index in [0.29, 0.717) is 30.9 Å². The number of carbonyl (C=O) groups is 1. The third-order valence-electron chi connectivity index (χ3n) is 5.33.